The van der Waals surface area contributed by atoms with Crippen LogP contribution in [0.2, 0.25) is 0 Å². The number of furan rings is 1. The summed E-state index contributed by atoms with van der Waals surface area (Å²) in [7, 11) is 1.92. The largest absolute Gasteiger partial charge is 0.459 e. The maximum Gasteiger partial charge on any atom is 0.134 e. The SMILES string of the molecule is CCCOCC(NC)c1cc2ccccc2o1. The fourth-order valence-corrected chi connectivity index (χ4v) is 1.83. The minimum absolute atomic E-state index is 0.119. The van der Waals surface area contributed by atoms with Gasteiger partial charge in [0.15, 0.2) is 0 Å². The van der Waals surface area contributed by atoms with Gasteiger partial charge < -0.3 is 14.5 Å². The molecule has 0 saturated heterocycles. The summed E-state index contributed by atoms with van der Waals surface area (Å²) in [5.41, 5.74) is 0.929. The number of likely N-dealkylation sites (N-methyl/N-ethyl adjacent to an activating group) is 1. The molecule has 0 aliphatic heterocycles. The molecule has 0 radical (unpaired) electrons. The molecule has 1 aromatic heterocycles. The summed E-state index contributed by atoms with van der Waals surface area (Å²) in [5.74, 6) is 0.935. The fraction of sp³-hybridized carbons (Fsp3) is 0.429. The molecule has 2 rings (SSSR count). The second-order valence-corrected chi connectivity index (χ2v) is 4.10. The Hall–Kier alpha value is -1.32. The van der Waals surface area contributed by atoms with Crippen LogP contribution in [0.1, 0.15) is 25.1 Å². The molecule has 92 valence electrons. The van der Waals surface area contributed by atoms with Gasteiger partial charge in [0.2, 0.25) is 0 Å². The summed E-state index contributed by atoms with van der Waals surface area (Å²) in [6.07, 6.45) is 1.04. The Kier molecular flexibility index (Phi) is 4.18. The highest BCUT2D eigenvalue weighted by Crippen LogP contribution is 2.23. The van der Waals surface area contributed by atoms with Crippen LogP contribution in [-0.2, 0) is 4.74 Å². The molecule has 3 nitrogen and oxygen atoms in total. The molecule has 2 aromatic rings. The monoisotopic (exact) mass is 233 g/mol. The minimum Gasteiger partial charge on any atom is -0.459 e. The lowest BCUT2D eigenvalue weighted by atomic mass is 10.2. The van der Waals surface area contributed by atoms with E-state index >= 15 is 0 Å². The number of rotatable bonds is 6. The van der Waals surface area contributed by atoms with Gasteiger partial charge in [0, 0.05) is 12.0 Å². The number of benzene rings is 1. The van der Waals surface area contributed by atoms with E-state index in [9.17, 15) is 0 Å². The van der Waals surface area contributed by atoms with E-state index in [-0.39, 0.29) is 6.04 Å². The molecule has 0 saturated carbocycles. The smallest absolute Gasteiger partial charge is 0.134 e. The Balaban J connectivity index is 2.12. The normalized spacial score (nSPS) is 13.1. The highest BCUT2D eigenvalue weighted by Gasteiger charge is 2.14. The van der Waals surface area contributed by atoms with Crippen LogP contribution in [0.15, 0.2) is 34.7 Å². The first-order chi connectivity index (χ1) is 8.35. The molecule has 0 aliphatic rings. The third kappa shape index (κ3) is 2.87. The Morgan fingerprint density at radius 2 is 2.18 bits per heavy atom. The molecular formula is C14H19NO2. The summed E-state index contributed by atoms with van der Waals surface area (Å²) in [6.45, 7) is 3.54. The highest BCUT2D eigenvalue weighted by atomic mass is 16.5. The van der Waals surface area contributed by atoms with Crippen LogP contribution in [0, 0.1) is 0 Å². The number of ether oxygens (including phenoxy) is 1. The first kappa shape index (κ1) is 12.1. The molecule has 0 fully saturated rings. The Morgan fingerprint density at radius 3 is 2.88 bits per heavy atom. The van der Waals surface area contributed by atoms with E-state index in [1.807, 2.05) is 25.2 Å². The van der Waals surface area contributed by atoms with E-state index in [0.717, 1.165) is 29.8 Å². The zero-order valence-corrected chi connectivity index (χ0v) is 10.4. The summed E-state index contributed by atoms with van der Waals surface area (Å²) < 4.78 is 11.4. The van der Waals surface area contributed by atoms with Gasteiger partial charge in [-0.05, 0) is 25.6 Å². The van der Waals surface area contributed by atoms with Crippen molar-refractivity contribution in [2.24, 2.45) is 0 Å². The van der Waals surface area contributed by atoms with Crippen molar-refractivity contribution in [2.75, 3.05) is 20.3 Å². The van der Waals surface area contributed by atoms with E-state index in [1.165, 1.54) is 0 Å². The second-order valence-electron chi connectivity index (χ2n) is 4.10. The lowest BCUT2D eigenvalue weighted by Crippen LogP contribution is -2.21. The predicted molar refractivity (Wildman–Crippen MR) is 69.1 cm³/mol. The van der Waals surface area contributed by atoms with Crippen molar-refractivity contribution in [1.29, 1.82) is 0 Å². The van der Waals surface area contributed by atoms with Crippen LogP contribution in [0.3, 0.4) is 0 Å². The summed E-state index contributed by atoms with van der Waals surface area (Å²) in [5, 5.41) is 4.36. The van der Waals surface area contributed by atoms with Gasteiger partial charge in [-0.25, -0.2) is 0 Å². The molecule has 17 heavy (non-hydrogen) atoms. The number of hydrogen-bond donors (Lipinski definition) is 1. The molecule has 3 heteroatoms. The van der Waals surface area contributed by atoms with Crippen LogP contribution >= 0.6 is 0 Å². The third-order valence-electron chi connectivity index (χ3n) is 2.77. The van der Waals surface area contributed by atoms with Crippen LogP contribution in [0.4, 0.5) is 0 Å². The molecule has 1 aromatic carbocycles. The number of para-hydroxylation sites is 1. The molecular weight excluding hydrogens is 214 g/mol. The first-order valence-corrected chi connectivity index (χ1v) is 6.08. The van der Waals surface area contributed by atoms with Crippen LogP contribution in [-0.4, -0.2) is 20.3 Å². The van der Waals surface area contributed by atoms with Gasteiger partial charge in [0.1, 0.15) is 11.3 Å². The number of fused-ring (bicyclic) bond motifs is 1. The van der Waals surface area contributed by atoms with Crippen LogP contribution in [0.5, 0.6) is 0 Å². The highest BCUT2D eigenvalue weighted by molar-refractivity contribution is 5.77. The Labute approximate surface area is 102 Å². The van der Waals surface area contributed by atoms with Crippen molar-refractivity contribution >= 4 is 11.0 Å². The van der Waals surface area contributed by atoms with Gasteiger partial charge in [-0.1, -0.05) is 25.1 Å². The van der Waals surface area contributed by atoms with Gasteiger partial charge in [-0.3, -0.25) is 0 Å². The third-order valence-corrected chi connectivity index (χ3v) is 2.77. The van der Waals surface area contributed by atoms with Crippen molar-refractivity contribution < 1.29 is 9.15 Å². The van der Waals surface area contributed by atoms with E-state index < -0.39 is 0 Å². The van der Waals surface area contributed by atoms with Crippen molar-refractivity contribution in [1.82, 2.24) is 5.32 Å². The zero-order valence-electron chi connectivity index (χ0n) is 10.4. The van der Waals surface area contributed by atoms with Gasteiger partial charge in [0.05, 0.1) is 12.6 Å². The van der Waals surface area contributed by atoms with Crippen LogP contribution in [0.25, 0.3) is 11.0 Å². The molecule has 0 aliphatic carbocycles. The summed E-state index contributed by atoms with van der Waals surface area (Å²) in [6, 6.07) is 10.2. The lowest BCUT2D eigenvalue weighted by molar-refractivity contribution is 0.108. The van der Waals surface area contributed by atoms with Gasteiger partial charge in [-0.15, -0.1) is 0 Å². The van der Waals surface area contributed by atoms with E-state index in [0.29, 0.717) is 6.61 Å². The van der Waals surface area contributed by atoms with Crippen molar-refractivity contribution in [3.8, 4) is 0 Å². The average Bonchev–Trinajstić information content (AvgIpc) is 2.78. The lowest BCUT2D eigenvalue weighted by Gasteiger charge is -2.13. The zero-order chi connectivity index (χ0) is 12.1. The summed E-state index contributed by atoms with van der Waals surface area (Å²) >= 11 is 0. The van der Waals surface area contributed by atoms with E-state index in [2.05, 4.69) is 24.4 Å². The van der Waals surface area contributed by atoms with Crippen molar-refractivity contribution in [3.63, 3.8) is 0 Å². The predicted octanol–water partition coefficient (Wildman–Crippen LogP) is 3.12. The molecule has 1 heterocycles. The van der Waals surface area contributed by atoms with E-state index in [1.54, 1.807) is 0 Å². The molecule has 0 bridgehead atoms. The maximum atomic E-state index is 5.81. The van der Waals surface area contributed by atoms with Gasteiger partial charge in [0.25, 0.3) is 0 Å². The Bertz CT molecular complexity index is 431. The standard InChI is InChI=1S/C14H19NO2/c1-3-8-16-10-12(15-2)14-9-11-6-4-5-7-13(11)17-14/h4-7,9,12,15H,3,8,10H2,1-2H3. The molecule has 0 spiro atoms. The molecule has 1 N–H and O–H groups in total. The number of hydrogen-bond acceptors (Lipinski definition) is 3. The second kappa shape index (κ2) is 5.84. The average molecular weight is 233 g/mol. The molecule has 0 amide bonds. The number of nitrogens with one attached hydrogen (secondary N) is 1. The van der Waals surface area contributed by atoms with Crippen molar-refractivity contribution in [3.05, 3.63) is 36.1 Å². The first-order valence-electron chi connectivity index (χ1n) is 6.08. The van der Waals surface area contributed by atoms with Crippen molar-refractivity contribution in [2.45, 2.75) is 19.4 Å². The maximum absolute atomic E-state index is 5.81. The summed E-state index contributed by atoms with van der Waals surface area (Å²) in [4.78, 5) is 0. The van der Waals surface area contributed by atoms with E-state index in [4.69, 9.17) is 9.15 Å². The van der Waals surface area contributed by atoms with Gasteiger partial charge in [-0.2, -0.15) is 0 Å². The fourth-order valence-electron chi connectivity index (χ4n) is 1.83. The molecule has 1 unspecified atom stereocenters. The molecule has 1 atom stereocenters. The quantitative estimate of drug-likeness (QED) is 0.778. The van der Waals surface area contributed by atoms with Crippen LogP contribution < -0.4 is 5.32 Å². The minimum atomic E-state index is 0.119. The Morgan fingerprint density at radius 1 is 1.35 bits per heavy atom. The topological polar surface area (TPSA) is 34.4 Å². The van der Waals surface area contributed by atoms with Gasteiger partial charge >= 0.3 is 0 Å².